The molecule has 1 aliphatic rings. The van der Waals surface area contributed by atoms with Crippen molar-refractivity contribution in [3.05, 3.63) is 16.1 Å². The van der Waals surface area contributed by atoms with Gasteiger partial charge < -0.3 is 15.2 Å². The molecule has 24 heavy (non-hydrogen) atoms. The summed E-state index contributed by atoms with van der Waals surface area (Å²) in [7, 11) is 1.59. The van der Waals surface area contributed by atoms with Crippen molar-refractivity contribution in [1.29, 1.82) is 0 Å². The van der Waals surface area contributed by atoms with E-state index in [0.29, 0.717) is 24.6 Å². The number of aromatic nitrogens is 1. The van der Waals surface area contributed by atoms with Crippen LogP contribution in [-0.2, 0) is 16.1 Å². The smallest absolute Gasteiger partial charge is 0.303 e. The standard InChI is InChI=1S/C17H26N2O4S/c1-23-10-15-19-14(11-24-15)17(22)18-13(7-8-16(20)21)9-12-5-3-2-4-6-12/h11-13H,2-10H2,1H3,(H,18,22)(H,20,21). The third kappa shape index (κ3) is 6.20. The minimum absolute atomic E-state index is 0.0731. The number of carboxylic acid groups (broad SMARTS) is 1. The molecule has 0 bridgehead atoms. The summed E-state index contributed by atoms with van der Waals surface area (Å²) in [4.78, 5) is 27.6. The quantitative estimate of drug-likeness (QED) is 0.711. The number of nitrogens with zero attached hydrogens (tertiary/aromatic N) is 1. The highest BCUT2D eigenvalue weighted by Crippen LogP contribution is 2.28. The Morgan fingerprint density at radius 2 is 2.17 bits per heavy atom. The van der Waals surface area contributed by atoms with Crippen molar-refractivity contribution in [1.82, 2.24) is 10.3 Å². The molecule has 0 aromatic carbocycles. The molecule has 0 saturated heterocycles. The van der Waals surface area contributed by atoms with Crippen LogP contribution >= 0.6 is 11.3 Å². The molecule has 1 aromatic heterocycles. The van der Waals surface area contributed by atoms with Gasteiger partial charge in [-0.2, -0.15) is 0 Å². The predicted octanol–water partition coefficient (Wildman–Crippen LogP) is 3.22. The van der Waals surface area contributed by atoms with Crippen LogP contribution in [0.5, 0.6) is 0 Å². The van der Waals surface area contributed by atoms with Crippen molar-refractivity contribution in [2.75, 3.05) is 7.11 Å². The Labute approximate surface area is 146 Å². The van der Waals surface area contributed by atoms with Gasteiger partial charge in [-0.25, -0.2) is 4.98 Å². The van der Waals surface area contributed by atoms with Crippen LogP contribution in [-0.4, -0.2) is 35.1 Å². The molecular weight excluding hydrogens is 328 g/mol. The van der Waals surface area contributed by atoms with Crippen molar-refractivity contribution in [3.63, 3.8) is 0 Å². The summed E-state index contributed by atoms with van der Waals surface area (Å²) in [5.41, 5.74) is 0.385. The summed E-state index contributed by atoms with van der Waals surface area (Å²) in [5.74, 6) is -0.467. The van der Waals surface area contributed by atoms with Gasteiger partial charge >= 0.3 is 5.97 Å². The van der Waals surface area contributed by atoms with Crippen molar-refractivity contribution in [2.45, 2.75) is 64.0 Å². The first-order chi connectivity index (χ1) is 11.6. The second-order valence-corrected chi connectivity index (χ2v) is 7.34. The SMILES string of the molecule is COCc1nc(C(=O)NC(CCC(=O)O)CC2CCCCC2)cs1. The third-order valence-corrected chi connectivity index (χ3v) is 5.26. The Balaban J connectivity index is 1.93. The van der Waals surface area contributed by atoms with Crippen molar-refractivity contribution >= 4 is 23.2 Å². The zero-order chi connectivity index (χ0) is 17.4. The Hall–Kier alpha value is -1.47. The van der Waals surface area contributed by atoms with Crippen LogP contribution in [0.3, 0.4) is 0 Å². The first-order valence-corrected chi connectivity index (χ1v) is 9.42. The highest BCUT2D eigenvalue weighted by Gasteiger charge is 2.22. The number of carbonyl (C=O) groups excluding carboxylic acids is 1. The monoisotopic (exact) mass is 354 g/mol. The molecule has 0 aliphatic heterocycles. The lowest BCUT2D eigenvalue weighted by atomic mass is 9.84. The van der Waals surface area contributed by atoms with Gasteiger partial charge in [0, 0.05) is 25.0 Å². The highest BCUT2D eigenvalue weighted by molar-refractivity contribution is 7.09. The fourth-order valence-corrected chi connectivity index (χ4v) is 3.98. The molecule has 0 radical (unpaired) electrons. The zero-order valence-corrected chi connectivity index (χ0v) is 14.9. The molecule has 1 aliphatic carbocycles. The average Bonchev–Trinajstić information content (AvgIpc) is 3.03. The van der Waals surface area contributed by atoms with Crippen molar-refractivity contribution in [2.24, 2.45) is 5.92 Å². The van der Waals surface area contributed by atoms with Gasteiger partial charge in [-0.3, -0.25) is 9.59 Å². The van der Waals surface area contributed by atoms with E-state index in [1.54, 1.807) is 12.5 Å². The lowest BCUT2D eigenvalue weighted by molar-refractivity contribution is -0.137. The van der Waals surface area contributed by atoms with Gasteiger partial charge in [-0.05, 0) is 18.8 Å². The number of hydrogen-bond acceptors (Lipinski definition) is 5. The molecule has 2 N–H and O–H groups in total. The number of aliphatic carboxylic acids is 1. The highest BCUT2D eigenvalue weighted by atomic mass is 32.1. The van der Waals surface area contributed by atoms with Crippen molar-refractivity contribution < 1.29 is 19.4 Å². The van der Waals surface area contributed by atoms with E-state index in [0.717, 1.165) is 11.4 Å². The third-order valence-electron chi connectivity index (χ3n) is 4.44. The number of hydrogen-bond donors (Lipinski definition) is 2. The summed E-state index contributed by atoms with van der Waals surface area (Å²) in [6.07, 6.45) is 7.49. The first-order valence-electron chi connectivity index (χ1n) is 8.54. The van der Waals surface area contributed by atoms with Crippen LogP contribution in [0.2, 0.25) is 0 Å². The molecule has 1 atom stereocenters. The van der Waals surface area contributed by atoms with Gasteiger partial charge in [-0.1, -0.05) is 32.1 Å². The van der Waals surface area contributed by atoms with E-state index >= 15 is 0 Å². The normalized spacial score (nSPS) is 16.7. The molecule has 1 fully saturated rings. The van der Waals surface area contributed by atoms with Crippen molar-refractivity contribution in [3.8, 4) is 0 Å². The fourth-order valence-electron chi connectivity index (χ4n) is 3.24. The van der Waals surface area contributed by atoms with E-state index in [-0.39, 0.29) is 18.4 Å². The van der Waals surface area contributed by atoms with Crippen LogP contribution in [0.1, 0.15) is 66.9 Å². The van der Waals surface area contributed by atoms with Crippen LogP contribution < -0.4 is 5.32 Å². The van der Waals surface area contributed by atoms with E-state index in [2.05, 4.69) is 10.3 Å². The number of methoxy groups -OCH3 is 1. The molecule has 2 rings (SSSR count). The Kier molecular flexibility index (Phi) is 7.65. The molecule has 1 amide bonds. The van der Waals surface area contributed by atoms with E-state index in [1.807, 2.05) is 0 Å². The predicted molar refractivity (Wildman–Crippen MR) is 92.1 cm³/mol. The lowest BCUT2D eigenvalue weighted by Crippen LogP contribution is -2.37. The molecular formula is C17H26N2O4S. The molecule has 1 heterocycles. The van der Waals surface area contributed by atoms with E-state index in [9.17, 15) is 9.59 Å². The van der Waals surface area contributed by atoms with Crippen LogP contribution in [0.4, 0.5) is 0 Å². The zero-order valence-electron chi connectivity index (χ0n) is 14.1. The summed E-state index contributed by atoms with van der Waals surface area (Å²) in [6.45, 7) is 0.391. The van der Waals surface area contributed by atoms with Gasteiger partial charge in [-0.15, -0.1) is 11.3 Å². The van der Waals surface area contributed by atoms with Gasteiger partial charge in [0.25, 0.3) is 5.91 Å². The summed E-state index contributed by atoms with van der Waals surface area (Å²) in [6, 6.07) is -0.107. The fraction of sp³-hybridized carbons (Fsp3) is 0.706. The minimum atomic E-state index is -0.825. The van der Waals surface area contributed by atoms with E-state index < -0.39 is 5.97 Å². The minimum Gasteiger partial charge on any atom is -0.481 e. The molecule has 6 nitrogen and oxygen atoms in total. The topological polar surface area (TPSA) is 88.5 Å². The Morgan fingerprint density at radius 3 is 2.83 bits per heavy atom. The lowest BCUT2D eigenvalue weighted by Gasteiger charge is -2.26. The second kappa shape index (κ2) is 9.74. The van der Waals surface area contributed by atoms with Gasteiger partial charge in [0.2, 0.25) is 0 Å². The summed E-state index contributed by atoms with van der Waals surface area (Å²) < 4.78 is 5.02. The summed E-state index contributed by atoms with van der Waals surface area (Å²) >= 11 is 1.39. The maximum absolute atomic E-state index is 12.4. The van der Waals surface area contributed by atoms with E-state index in [1.165, 1.54) is 43.4 Å². The van der Waals surface area contributed by atoms with Gasteiger partial charge in [0.15, 0.2) is 0 Å². The van der Waals surface area contributed by atoms with Crippen LogP contribution in [0.15, 0.2) is 5.38 Å². The maximum atomic E-state index is 12.4. The Morgan fingerprint density at radius 1 is 1.42 bits per heavy atom. The number of carboxylic acids is 1. The van der Waals surface area contributed by atoms with Crippen LogP contribution in [0, 0.1) is 5.92 Å². The molecule has 0 spiro atoms. The molecule has 7 heteroatoms. The number of carbonyl (C=O) groups is 2. The number of rotatable bonds is 9. The van der Waals surface area contributed by atoms with Gasteiger partial charge in [0.1, 0.15) is 10.7 Å². The number of thiazole rings is 1. The number of nitrogens with one attached hydrogen (secondary N) is 1. The van der Waals surface area contributed by atoms with E-state index in [4.69, 9.17) is 9.84 Å². The number of amides is 1. The maximum Gasteiger partial charge on any atom is 0.303 e. The van der Waals surface area contributed by atoms with Gasteiger partial charge in [0.05, 0.1) is 6.61 Å². The van der Waals surface area contributed by atoms with Crippen LogP contribution in [0.25, 0.3) is 0 Å². The molecule has 1 saturated carbocycles. The second-order valence-electron chi connectivity index (χ2n) is 6.40. The molecule has 134 valence electrons. The summed E-state index contributed by atoms with van der Waals surface area (Å²) in [5, 5.41) is 14.4. The average molecular weight is 354 g/mol. The molecule has 1 aromatic rings. The number of ether oxygens (including phenoxy) is 1. The largest absolute Gasteiger partial charge is 0.481 e. The first kappa shape index (κ1) is 18.9. The Bertz CT molecular complexity index is 540. The molecule has 1 unspecified atom stereocenters.